The number of hydrogen-bond acceptors (Lipinski definition) is 4. The summed E-state index contributed by atoms with van der Waals surface area (Å²) in [5.74, 6) is 0.128. The van der Waals surface area contributed by atoms with Crippen molar-refractivity contribution in [2.45, 2.75) is 10.8 Å². The molecular weight excluding hydrogens is 414 g/mol. The summed E-state index contributed by atoms with van der Waals surface area (Å²) < 4.78 is 20.7. The molecule has 26 heavy (non-hydrogen) atoms. The molecule has 0 radical (unpaired) electrons. The third kappa shape index (κ3) is 4.98. The van der Waals surface area contributed by atoms with E-state index in [0.717, 1.165) is 5.56 Å². The van der Waals surface area contributed by atoms with Gasteiger partial charge in [-0.2, -0.15) is 0 Å². The van der Waals surface area contributed by atoms with Crippen molar-refractivity contribution in [1.82, 2.24) is 9.55 Å². The van der Waals surface area contributed by atoms with Gasteiger partial charge < -0.3 is 9.30 Å². The highest BCUT2D eigenvalue weighted by molar-refractivity contribution is 8.22. The molecule has 0 fully saturated rings. The molecule has 0 saturated carbocycles. The number of aromatic nitrogens is 2. The van der Waals surface area contributed by atoms with Gasteiger partial charge in [0.2, 0.25) is 4.38 Å². The lowest BCUT2D eigenvalue weighted by atomic mass is 10.1. The summed E-state index contributed by atoms with van der Waals surface area (Å²) in [6.07, 6.45) is 5.09. The average Bonchev–Trinajstić information content (AvgIpc) is 3.17. The molecule has 8 heteroatoms. The van der Waals surface area contributed by atoms with Gasteiger partial charge in [-0.1, -0.05) is 47.1 Å². The SMILES string of the molecule is Fc1ccc(OC(=S)SC(c2ccc(Cl)cc2)C(Cl)n2ccnc2)cc1. The van der Waals surface area contributed by atoms with Crippen LogP contribution < -0.4 is 4.74 Å². The minimum atomic E-state index is -0.446. The van der Waals surface area contributed by atoms with Crippen molar-refractivity contribution in [1.29, 1.82) is 0 Å². The second kappa shape index (κ2) is 8.86. The van der Waals surface area contributed by atoms with Crippen molar-refractivity contribution in [3.63, 3.8) is 0 Å². The molecular formula is C18H13Cl2FN2OS2. The van der Waals surface area contributed by atoms with Crippen LogP contribution in [0.2, 0.25) is 5.02 Å². The molecule has 0 amide bonds. The van der Waals surface area contributed by atoms with Crippen LogP contribution in [0.1, 0.15) is 16.3 Å². The fourth-order valence-corrected chi connectivity index (χ4v) is 4.08. The van der Waals surface area contributed by atoms with Gasteiger partial charge in [0.1, 0.15) is 17.1 Å². The maximum atomic E-state index is 13.0. The molecule has 3 rings (SSSR count). The van der Waals surface area contributed by atoms with Gasteiger partial charge in [-0.05, 0) is 54.2 Å². The van der Waals surface area contributed by atoms with Crippen molar-refractivity contribution in [2.24, 2.45) is 0 Å². The van der Waals surface area contributed by atoms with E-state index < -0.39 is 5.50 Å². The first-order valence-corrected chi connectivity index (χ1v) is 9.64. The number of ether oxygens (including phenoxy) is 1. The molecule has 2 atom stereocenters. The highest BCUT2D eigenvalue weighted by Crippen LogP contribution is 2.42. The van der Waals surface area contributed by atoms with Gasteiger partial charge in [0.05, 0.1) is 11.6 Å². The number of benzene rings is 2. The van der Waals surface area contributed by atoms with E-state index in [1.54, 1.807) is 35.4 Å². The van der Waals surface area contributed by atoms with E-state index in [9.17, 15) is 4.39 Å². The predicted octanol–water partition coefficient (Wildman–Crippen LogP) is 6.25. The van der Waals surface area contributed by atoms with Gasteiger partial charge in [0.15, 0.2) is 0 Å². The molecule has 2 unspecified atom stereocenters. The largest absolute Gasteiger partial charge is 0.440 e. The average molecular weight is 427 g/mol. The van der Waals surface area contributed by atoms with Crippen molar-refractivity contribution >= 4 is 51.6 Å². The van der Waals surface area contributed by atoms with Crippen molar-refractivity contribution in [3.05, 3.63) is 83.7 Å². The molecule has 0 bridgehead atoms. The zero-order valence-electron chi connectivity index (χ0n) is 13.3. The van der Waals surface area contributed by atoms with Crippen LogP contribution in [0.5, 0.6) is 5.75 Å². The number of hydrogen-bond donors (Lipinski definition) is 0. The van der Waals surface area contributed by atoms with Gasteiger partial charge >= 0.3 is 0 Å². The van der Waals surface area contributed by atoms with Crippen molar-refractivity contribution in [2.75, 3.05) is 0 Å². The van der Waals surface area contributed by atoms with E-state index in [4.69, 9.17) is 40.2 Å². The molecule has 3 aromatic rings. The molecule has 0 aliphatic carbocycles. The Labute approximate surface area is 170 Å². The molecule has 0 N–H and O–H groups in total. The topological polar surface area (TPSA) is 27.1 Å². The van der Waals surface area contributed by atoms with Crippen LogP contribution in [0.15, 0.2) is 67.3 Å². The Morgan fingerprint density at radius 3 is 2.46 bits per heavy atom. The molecule has 0 aliphatic heterocycles. The Balaban J connectivity index is 1.79. The molecule has 0 aliphatic rings. The van der Waals surface area contributed by atoms with Crippen LogP contribution >= 0.6 is 47.2 Å². The normalized spacial score (nSPS) is 13.2. The van der Waals surface area contributed by atoms with Crippen LogP contribution in [-0.4, -0.2) is 13.9 Å². The smallest absolute Gasteiger partial charge is 0.226 e. The first kappa shape index (κ1) is 19.2. The zero-order chi connectivity index (χ0) is 18.5. The minimum absolute atomic E-state index is 0.240. The van der Waals surface area contributed by atoms with Crippen LogP contribution in [0.4, 0.5) is 4.39 Å². The Morgan fingerprint density at radius 2 is 1.85 bits per heavy atom. The van der Waals surface area contributed by atoms with Gasteiger partial charge in [-0.25, -0.2) is 9.37 Å². The van der Waals surface area contributed by atoms with Crippen LogP contribution in [-0.2, 0) is 0 Å². The summed E-state index contributed by atoms with van der Waals surface area (Å²) in [6, 6.07) is 13.1. The van der Waals surface area contributed by atoms with E-state index in [2.05, 4.69) is 4.98 Å². The molecule has 2 aromatic carbocycles. The van der Waals surface area contributed by atoms with E-state index in [0.29, 0.717) is 10.8 Å². The molecule has 1 heterocycles. The quantitative estimate of drug-likeness (QED) is 0.355. The monoisotopic (exact) mass is 426 g/mol. The summed E-state index contributed by atoms with van der Waals surface area (Å²) >= 11 is 19.3. The third-order valence-electron chi connectivity index (χ3n) is 3.50. The number of thioether (sulfide) groups is 1. The summed E-state index contributed by atoms with van der Waals surface area (Å²) in [5.41, 5.74) is 0.497. The van der Waals surface area contributed by atoms with E-state index in [1.807, 2.05) is 12.1 Å². The van der Waals surface area contributed by atoms with E-state index in [1.165, 1.54) is 36.0 Å². The zero-order valence-corrected chi connectivity index (χ0v) is 16.4. The lowest BCUT2D eigenvalue weighted by Crippen LogP contribution is -2.13. The fraction of sp³-hybridized carbons (Fsp3) is 0.111. The molecule has 0 spiro atoms. The van der Waals surface area contributed by atoms with E-state index >= 15 is 0 Å². The molecule has 3 nitrogen and oxygen atoms in total. The highest BCUT2D eigenvalue weighted by Gasteiger charge is 2.26. The van der Waals surface area contributed by atoms with Crippen molar-refractivity contribution < 1.29 is 9.13 Å². The standard InChI is InChI=1S/C18H13Cl2FN2OS2/c19-13-3-1-12(2-4-13)16(17(20)23-10-9-22-11-23)26-18(25)24-15-7-5-14(21)6-8-15/h1-11,16-17H. The Bertz CT molecular complexity index is 858. The predicted molar refractivity (Wildman–Crippen MR) is 109 cm³/mol. The summed E-state index contributed by atoms with van der Waals surface area (Å²) in [7, 11) is 0. The van der Waals surface area contributed by atoms with Crippen LogP contribution in [0.25, 0.3) is 0 Å². The van der Waals surface area contributed by atoms with Crippen LogP contribution in [0.3, 0.4) is 0 Å². The number of rotatable bonds is 5. The number of alkyl halides is 1. The molecule has 1 aromatic heterocycles. The van der Waals surface area contributed by atoms with Gasteiger partial charge in [-0.3, -0.25) is 0 Å². The number of halogens is 3. The van der Waals surface area contributed by atoms with Gasteiger partial charge in [0.25, 0.3) is 0 Å². The van der Waals surface area contributed by atoms with Gasteiger partial charge in [-0.15, -0.1) is 0 Å². The summed E-state index contributed by atoms with van der Waals surface area (Å²) in [4.78, 5) is 4.04. The Hall–Kier alpha value is -1.60. The summed E-state index contributed by atoms with van der Waals surface area (Å²) in [5, 5.41) is 0.396. The maximum absolute atomic E-state index is 13.0. The first-order valence-electron chi connectivity index (χ1n) is 7.54. The fourth-order valence-electron chi connectivity index (χ4n) is 2.23. The second-order valence-electron chi connectivity index (χ2n) is 5.28. The van der Waals surface area contributed by atoms with E-state index in [-0.39, 0.29) is 15.4 Å². The minimum Gasteiger partial charge on any atom is -0.440 e. The Kier molecular flexibility index (Phi) is 6.53. The second-order valence-corrected chi connectivity index (χ2v) is 7.91. The molecule has 0 saturated heterocycles. The third-order valence-corrected chi connectivity index (χ3v) is 5.81. The number of thiocarbonyl (C=S) groups is 1. The number of nitrogens with zero attached hydrogens (tertiary/aromatic N) is 2. The Morgan fingerprint density at radius 1 is 1.15 bits per heavy atom. The lowest BCUT2D eigenvalue weighted by Gasteiger charge is -2.23. The first-order chi connectivity index (χ1) is 12.5. The summed E-state index contributed by atoms with van der Waals surface area (Å²) in [6.45, 7) is 0. The number of imidazole rings is 1. The van der Waals surface area contributed by atoms with Crippen LogP contribution in [0, 0.1) is 5.82 Å². The van der Waals surface area contributed by atoms with Crippen molar-refractivity contribution in [3.8, 4) is 5.75 Å². The van der Waals surface area contributed by atoms with Gasteiger partial charge in [0, 0.05) is 17.4 Å². The maximum Gasteiger partial charge on any atom is 0.226 e. The molecule has 134 valence electrons. The lowest BCUT2D eigenvalue weighted by molar-refractivity contribution is 0.570. The highest BCUT2D eigenvalue weighted by atomic mass is 35.5.